The van der Waals surface area contributed by atoms with E-state index in [0.29, 0.717) is 0 Å². The van der Waals surface area contributed by atoms with Gasteiger partial charge in [0.15, 0.2) is 5.56 Å². The summed E-state index contributed by atoms with van der Waals surface area (Å²) in [7, 11) is 2.19. The van der Waals surface area contributed by atoms with Gasteiger partial charge in [0, 0.05) is 0 Å². The van der Waals surface area contributed by atoms with Crippen LogP contribution in [0.25, 0.3) is 0 Å². The van der Waals surface area contributed by atoms with E-state index in [1.165, 1.54) is 0 Å². The van der Waals surface area contributed by atoms with Crippen molar-refractivity contribution in [3.8, 4) is 11.8 Å². The Kier molecular flexibility index (Phi) is 2.78. The van der Waals surface area contributed by atoms with Crippen LogP contribution >= 0.6 is 0 Å². The lowest BCUT2D eigenvalue weighted by atomic mass is 10.3. The van der Waals surface area contributed by atoms with E-state index in [1.807, 2.05) is 0 Å². The van der Waals surface area contributed by atoms with Crippen LogP contribution < -0.4 is 9.47 Å². The lowest BCUT2D eigenvalue weighted by Crippen LogP contribution is -2.12. The minimum Gasteiger partial charge on any atom is -0.480 e. The summed E-state index contributed by atoms with van der Waals surface area (Å²) in [4.78, 5) is 6.68. The van der Waals surface area contributed by atoms with Crippen molar-refractivity contribution in [1.82, 2.24) is 9.97 Å². The highest BCUT2D eigenvalue weighted by Crippen LogP contribution is 2.39. The molecule has 1 heterocycles. The predicted molar refractivity (Wildman–Crippen MR) is 40.1 cm³/mol. The molecule has 14 heavy (non-hydrogen) atoms. The number of rotatable bonds is 2. The maximum absolute atomic E-state index is 12.4. The van der Waals surface area contributed by atoms with E-state index >= 15 is 0 Å². The molecule has 0 saturated carbocycles. The van der Waals surface area contributed by atoms with Crippen molar-refractivity contribution < 1.29 is 22.6 Å². The molecule has 0 amide bonds. The van der Waals surface area contributed by atoms with Crippen LogP contribution in [0, 0.1) is 0 Å². The number of aromatic nitrogens is 2. The Morgan fingerprint density at radius 3 is 1.79 bits per heavy atom. The van der Waals surface area contributed by atoms with Gasteiger partial charge in [-0.05, 0) is 0 Å². The van der Waals surface area contributed by atoms with Crippen molar-refractivity contribution in [2.45, 2.75) is 6.18 Å². The Hall–Kier alpha value is -1.53. The van der Waals surface area contributed by atoms with Gasteiger partial charge in [0.1, 0.15) is 6.33 Å². The molecule has 7 heteroatoms. The third-order valence-corrected chi connectivity index (χ3v) is 1.45. The zero-order valence-corrected chi connectivity index (χ0v) is 7.42. The number of methoxy groups -OCH3 is 2. The van der Waals surface area contributed by atoms with Crippen LogP contribution in [0.1, 0.15) is 5.56 Å². The van der Waals surface area contributed by atoms with Crippen molar-refractivity contribution >= 4 is 0 Å². The lowest BCUT2D eigenvalue weighted by molar-refractivity contribution is -0.140. The fourth-order valence-corrected chi connectivity index (χ4v) is 0.906. The monoisotopic (exact) mass is 208 g/mol. The largest absolute Gasteiger partial charge is 0.480 e. The van der Waals surface area contributed by atoms with Gasteiger partial charge in [-0.15, -0.1) is 0 Å². The van der Waals surface area contributed by atoms with Gasteiger partial charge in [0.25, 0.3) is 0 Å². The number of ether oxygens (including phenoxy) is 2. The first-order valence-corrected chi connectivity index (χ1v) is 3.51. The molecular weight excluding hydrogens is 201 g/mol. The first-order valence-electron chi connectivity index (χ1n) is 3.51. The molecule has 1 aromatic heterocycles. The fraction of sp³-hybridized carbons (Fsp3) is 0.429. The molecule has 0 atom stereocenters. The second-order valence-corrected chi connectivity index (χ2v) is 2.26. The lowest BCUT2D eigenvalue weighted by Gasteiger charge is -2.12. The maximum Gasteiger partial charge on any atom is 0.426 e. The van der Waals surface area contributed by atoms with Gasteiger partial charge in [-0.3, -0.25) is 0 Å². The number of halogens is 3. The predicted octanol–water partition coefficient (Wildman–Crippen LogP) is 1.51. The standard InChI is InChI=1S/C7H7F3N2O2/c1-13-5-4(7(8,9)10)6(14-2)12-3-11-5/h3H,1-2H3. The SMILES string of the molecule is COc1ncnc(OC)c1C(F)(F)F. The molecule has 0 aliphatic rings. The van der Waals surface area contributed by atoms with Gasteiger partial charge < -0.3 is 9.47 Å². The molecule has 0 aromatic carbocycles. The molecular formula is C7H7F3N2O2. The highest BCUT2D eigenvalue weighted by Gasteiger charge is 2.40. The number of hydrogen-bond acceptors (Lipinski definition) is 4. The van der Waals surface area contributed by atoms with Gasteiger partial charge in [-0.2, -0.15) is 13.2 Å². The van der Waals surface area contributed by atoms with Gasteiger partial charge in [0.05, 0.1) is 14.2 Å². The van der Waals surface area contributed by atoms with E-state index in [4.69, 9.17) is 0 Å². The number of alkyl halides is 3. The average molecular weight is 208 g/mol. The van der Waals surface area contributed by atoms with E-state index in [9.17, 15) is 13.2 Å². The molecule has 78 valence electrons. The summed E-state index contributed by atoms with van der Waals surface area (Å²) in [6.45, 7) is 0. The van der Waals surface area contributed by atoms with Crippen LogP contribution in [0.15, 0.2) is 6.33 Å². The van der Waals surface area contributed by atoms with E-state index in [-0.39, 0.29) is 0 Å². The summed E-state index contributed by atoms with van der Waals surface area (Å²) in [5.74, 6) is -1.10. The van der Waals surface area contributed by atoms with Crippen molar-refractivity contribution in [2.75, 3.05) is 14.2 Å². The third kappa shape index (κ3) is 1.86. The first kappa shape index (κ1) is 10.6. The zero-order chi connectivity index (χ0) is 10.8. The highest BCUT2D eigenvalue weighted by atomic mass is 19.4. The quantitative estimate of drug-likeness (QED) is 0.738. The third-order valence-electron chi connectivity index (χ3n) is 1.45. The van der Waals surface area contributed by atoms with Crippen LogP contribution in [0.5, 0.6) is 11.8 Å². The number of nitrogens with zero attached hydrogens (tertiary/aromatic N) is 2. The Labute approximate surface area is 77.7 Å². The fourth-order valence-electron chi connectivity index (χ4n) is 0.906. The molecule has 0 unspecified atom stereocenters. The smallest absolute Gasteiger partial charge is 0.426 e. The van der Waals surface area contributed by atoms with Crippen molar-refractivity contribution in [2.24, 2.45) is 0 Å². The molecule has 1 rings (SSSR count). The summed E-state index contributed by atoms with van der Waals surface area (Å²) in [6, 6.07) is 0. The molecule has 0 saturated heterocycles. The van der Waals surface area contributed by atoms with Crippen LogP contribution in [-0.2, 0) is 6.18 Å². The Bertz CT molecular complexity index is 305. The van der Waals surface area contributed by atoms with Crippen LogP contribution in [0.2, 0.25) is 0 Å². The van der Waals surface area contributed by atoms with Crippen LogP contribution in [0.3, 0.4) is 0 Å². The van der Waals surface area contributed by atoms with Crippen molar-refractivity contribution in [3.63, 3.8) is 0 Å². The summed E-state index contributed by atoms with van der Waals surface area (Å²) in [6.07, 6.45) is -3.66. The normalized spacial score (nSPS) is 11.2. The van der Waals surface area contributed by atoms with E-state index < -0.39 is 23.5 Å². The van der Waals surface area contributed by atoms with Gasteiger partial charge in [0.2, 0.25) is 11.8 Å². The Balaban J connectivity index is 3.34. The van der Waals surface area contributed by atoms with Gasteiger partial charge >= 0.3 is 6.18 Å². The van der Waals surface area contributed by atoms with E-state index in [2.05, 4.69) is 19.4 Å². The molecule has 0 N–H and O–H groups in total. The molecule has 0 radical (unpaired) electrons. The maximum atomic E-state index is 12.4. The highest BCUT2D eigenvalue weighted by molar-refractivity contribution is 5.36. The molecule has 0 aliphatic heterocycles. The van der Waals surface area contributed by atoms with Crippen LogP contribution in [-0.4, -0.2) is 24.2 Å². The summed E-state index contributed by atoms with van der Waals surface area (Å²) < 4.78 is 46.3. The van der Waals surface area contributed by atoms with E-state index in [0.717, 1.165) is 20.5 Å². The van der Waals surface area contributed by atoms with E-state index in [1.54, 1.807) is 0 Å². The minimum absolute atomic E-state index is 0.552. The van der Waals surface area contributed by atoms with Crippen molar-refractivity contribution in [1.29, 1.82) is 0 Å². The molecule has 0 spiro atoms. The summed E-state index contributed by atoms with van der Waals surface area (Å²) in [5, 5.41) is 0. The Morgan fingerprint density at radius 2 is 1.50 bits per heavy atom. The summed E-state index contributed by atoms with van der Waals surface area (Å²) in [5.41, 5.74) is -1.11. The molecule has 4 nitrogen and oxygen atoms in total. The minimum atomic E-state index is -4.60. The number of hydrogen-bond donors (Lipinski definition) is 0. The molecule has 1 aromatic rings. The topological polar surface area (TPSA) is 44.2 Å². The second-order valence-electron chi connectivity index (χ2n) is 2.26. The second kappa shape index (κ2) is 3.69. The first-order chi connectivity index (χ1) is 6.50. The van der Waals surface area contributed by atoms with Gasteiger partial charge in [-0.25, -0.2) is 9.97 Å². The molecule has 0 fully saturated rings. The van der Waals surface area contributed by atoms with Crippen LogP contribution in [0.4, 0.5) is 13.2 Å². The van der Waals surface area contributed by atoms with Gasteiger partial charge in [-0.1, -0.05) is 0 Å². The zero-order valence-electron chi connectivity index (χ0n) is 7.42. The molecule has 0 bridgehead atoms. The summed E-state index contributed by atoms with van der Waals surface area (Å²) >= 11 is 0. The molecule has 0 aliphatic carbocycles. The van der Waals surface area contributed by atoms with Crippen molar-refractivity contribution in [3.05, 3.63) is 11.9 Å². The Morgan fingerprint density at radius 1 is 1.07 bits per heavy atom. The average Bonchev–Trinajstić information content (AvgIpc) is 2.15.